The first kappa shape index (κ1) is 31.8. The van der Waals surface area contributed by atoms with E-state index < -0.39 is 21.8 Å². The van der Waals surface area contributed by atoms with Crippen molar-refractivity contribution < 1.29 is 22.8 Å². The van der Waals surface area contributed by atoms with Gasteiger partial charge in [0.25, 0.3) is 11.8 Å². The number of rotatable bonds is 10. The highest BCUT2D eigenvalue weighted by atomic mass is 35.5. The number of carbonyl (C=O) groups excluding carboxylic acids is 3. The number of halogens is 2. The Kier molecular flexibility index (Phi) is 10.6. The van der Waals surface area contributed by atoms with Gasteiger partial charge in [0.1, 0.15) is 5.70 Å². The van der Waals surface area contributed by atoms with Crippen LogP contribution in [0.15, 0.2) is 113 Å². The molecule has 0 aliphatic heterocycles. The molecular formula is C30H24Cl2N4O5S2. The summed E-state index contributed by atoms with van der Waals surface area (Å²) in [6.07, 6.45) is 1.40. The Morgan fingerprint density at radius 3 is 2.09 bits per heavy atom. The number of hydrogen-bond donors (Lipinski definition) is 4. The third-order valence-corrected chi connectivity index (χ3v) is 8.33. The third-order valence-electron chi connectivity index (χ3n) is 5.75. The van der Waals surface area contributed by atoms with Crippen molar-refractivity contribution in [1.29, 1.82) is 0 Å². The first-order valence-corrected chi connectivity index (χ1v) is 15.8. The fraction of sp³-hybridized carbons (Fsp3) is 0.0333. The Hall–Kier alpha value is -4.13. The van der Waals surface area contributed by atoms with Gasteiger partial charge in [-0.05, 0) is 72.8 Å². The molecule has 0 atom stereocenters. The molecular weight excluding hydrogens is 631 g/mol. The van der Waals surface area contributed by atoms with E-state index in [0.717, 1.165) is 0 Å². The smallest absolute Gasteiger partial charge is 0.272 e. The zero-order valence-electron chi connectivity index (χ0n) is 22.2. The Morgan fingerprint density at radius 1 is 0.791 bits per heavy atom. The molecule has 13 heteroatoms. The average Bonchev–Trinajstić information content (AvgIpc) is 2.98. The van der Waals surface area contributed by atoms with Gasteiger partial charge in [0, 0.05) is 37.4 Å². The number of nitrogens with two attached hydrogens (primary N) is 1. The van der Waals surface area contributed by atoms with Crippen LogP contribution in [0, 0.1) is 0 Å². The molecule has 0 aliphatic carbocycles. The molecule has 0 aliphatic rings. The number of anilines is 2. The summed E-state index contributed by atoms with van der Waals surface area (Å²) < 4.78 is 22.8. The van der Waals surface area contributed by atoms with Crippen LogP contribution in [0.4, 0.5) is 11.4 Å². The van der Waals surface area contributed by atoms with E-state index in [-0.39, 0.29) is 22.3 Å². The van der Waals surface area contributed by atoms with Crippen LogP contribution in [-0.4, -0.2) is 31.9 Å². The number of sulfonamides is 1. The van der Waals surface area contributed by atoms with E-state index in [2.05, 4.69) is 16.0 Å². The van der Waals surface area contributed by atoms with Gasteiger partial charge in [-0.15, -0.1) is 11.8 Å². The Labute approximate surface area is 262 Å². The fourth-order valence-corrected chi connectivity index (χ4v) is 5.45. The van der Waals surface area contributed by atoms with Crippen molar-refractivity contribution in [2.45, 2.75) is 9.79 Å². The highest BCUT2D eigenvalue weighted by Gasteiger charge is 2.17. The third kappa shape index (κ3) is 9.18. The highest BCUT2D eigenvalue weighted by molar-refractivity contribution is 8.00. The van der Waals surface area contributed by atoms with Crippen LogP contribution in [0.2, 0.25) is 10.0 Å². The van der Waals surface area contributed by atoms with Crippen molar-refractivity contribution in [2.24, 2.45) is 5.14 Å². The lowest BCUT2D eigenvalue weighted by Gasteiger charge is -2.13. The lowest BCUT2D eigenvalue weighted by molar-refractivity contribution is -0.114. The van der Waals surface area contributed by atoms with Gasteiger partial charge in [-0.3, -0.25) is 14.4 Å². The first-order chi connectivity index (χ1) is 20.5. The van der Waals surface area contributed by atoms with Crippen molar-refractivity contribution in [1.82, 2.24) is 5.32 Å². The standard InChI is InChI=1S/C30H24Cl2N4O5S2/c31-25-10-5-11-26(32)24(25)17-27(36-29(38)19-6-2-1-3-7-19)30(39)35-21-8-4-9-22(16-21)42-18-28(37)34-20-12-14-23(15-13-20)43(33,40)41/h1-17H,18H2,(H,34,37)(H,35,39)(H,36,38)(H2,33,40,41)/b27-17+. The second-order valence-corrected chi connectivity index (χ2v) is 12.3. The molecule has 0 radical (unpaired) electrons. The maximum absolute atomic E-state index is 13.4. The van der Waals surface area contributed by atoms with Crippen LogP contribution in [0.3, 0.4) is 0 Å². The number of hydrogen-bond acceptors (Lipinski definition) is 6. The minimum Gasteiger partial charge on any atom is -0.325 e. The zero-order valence-corrected chi connectivity index (χ0v) is 25.4. The summed E-state index contributed by atoms with van der Waals surface area (Å²) in [5.74, 6) is -1.41. The number of carbonyl (C=O) groups is 3. The number of nitrogens with one attached hydrogen (secondary N) is 3. The van der Waals surface area contributed by atoms with Gasteiger partial charge in [-0.2, -0.15) is 0 Å². The summed E-state index contributed by atoms with van der Waals surface area (Å²) in [5.41, 5.74) is 1.45. The monoisotopic (exact) mass is 654 g/mol. The number of primary sulfonamides is 1. The maximum Gasteiger partial charge on any atom is 0.272 e. The summed E-state index contributed by atoms with van der Waals surface area (Å²) in [5, 5.41) is 13.8. The Balaban J connectivity index is 1.45. The molecule has 4 aromatic rings. The normalized spacial score (nSPS) is 11.5. The van der Waals surface area contributed by atoms with E-state index in [1.54, 1.807) is 72.8 Å². The lowest BCUT2D eigenvalue weighted by Crippen LogP contribution is -2.30. The second kappa shape index (κ2) is 14.4. The van der Waals surface area contributed by atoms with Crippen LogP contribution in [0.1, 0.15) is 15.9 Å². The van der Waals surface area contributed by atoms with E-state index in [1.165, 1.54) is 42.1 Å². The molecule has 220 valence electrons. The van der Waals surface area contributed by atoms with Gasteiger partial charge in [0.15, 0.2) is 0 Å². The SMILES string of the molecule is NS(=O)(=O)c1ccc(NC(=O)CSc2cccc(NC(=O)/C(=C\c3c(Cl)cccc3Cl)NC(=O)c3ccccc3)c2)cc1. The number of thioether (sulfide) groups is 1. The maximum atomic E-state index is 13.4. The molecule has 0 bridgehead atoms. The lowest BCUT2D eigenvalue weighted by atomic mass is 10.1. The first-order valence-electron chi connectivity index (χ1n) is 12.5. The van der Waals surface area contributed by atoms with Gasteiger partial charge in [0.05, 0.1) is 10.6 Å². The molecule has 0 heterocycles. The van der Waals surface area contributed by atoms with Crippen LogP contribution in [0.25, 0.3) is 6.08 Å². The predicted molar refractivity (Wildman–Crippen MR) is 171 cm³/mol. The van der Waals surface area contributed by atoms with Crippen molar-refractivity contribution in [3.63, 3.8) is 0 Å². The van der Waals surface area contributed by atoms with E-state index in [4.69, 9.17) is 28.3 Å². The van der Waals surface area contributed by atoms with Crippen molar-refractivity contribution >= 4 is 80.2 Å². The molecule has 4 aromatic carbocycles. The summed E-state index contributed by atoms with van der Waals surface area (Å²) in [6, 6.07) is 25.6. The highest BCUT2D eigenvalue weighted by Crippen LogP contribution is 2.27. The van der Waals surface area contributed by atoms with Crippen molar-refractivity contribution in [2.75, 3.05) is 16.4 Å². The molecule has 0 aromatic heterocycles. The number of amides is 3. The van der Waals surface area contributed by atoms with E-state index in [0.29, 0.717) is 37.4 Å². The molecule has 4 rings (SSSR count). The quantitative estimate of drug-likeness (QED) is 0.126. The fourth-order valence-electron chi connectivity index (χ4n) is 3.67. The van der Waals surface area contributed by atoms with Gasteiger partial charge >= 0.3 is 0 Å². The summed E-state index contributed by atoms with van der Waals surface area (Å²) in [7, 11) is -3.83. The predicted octanol–water partition coefficient (Wildman–Crippen LogP) is 5.78. The number of benzene rings is 4. The topological polar surface area (TPSA) is 147 Å². The van der Waals surface area contributed by atoms with Crippen LogP contribution in [0.5, 0.6) is 0 Å². The van der Waals surface area contributed by atoms with Crippen molar-refractivity contribution in [3.8, 4) is 0 Å². The van der Waals surface area contributed by atoms with Crippen LogP contribution >= 0.6 is 35.0 Å². The summed E-state index contributed by atoms with van der Waals surface area (Å²) in [6.45, 7) is 0. The second-order valence-electron chi connectivity index (χ2n) is 8.90. The largest absolute Gasteiger partial charge is 0.325 e. The van der Waals surface area contributed by atoms with Crippen LogP contribution in [-0.2, 0) is 19.6 Å². The van der Waals surface area contributed by atoms with E-state index >= 15 is 0 Å². The van der Waals surface area contributed by atoms with E-state index in [9.17, 15) is 22.8 Å². The molecule has 0 saturated heterocycles. The molecule has 0 fully saturated rings. The Bertz CT molecular complexity index is 1780. The van der Waals surface area contributed by atoms with Crippen LogP contribution < -0.4 is 21.1 Å². The molecule has 3 amide bonds. The van der Waals surface area contributed by atoms with Crippen molar-refractivity contribution in [3.05, 3.63) is 124 Å². The van der Waals surface area contributed by atoms with E-state index in [1.807, 2.05) is 0 Å². The summed E-state index contributed by atoms with van der Waals surface area (Å²) >= 11 is 13.8. The molecule has 43 heavy (non-hydrogen) atoms. The van der Waals surface area contributed by atoms with Gasteiger partial charge < -0.3 is 16.0 Å². The van der Waals surface area contributed by atoms with Gasteiger partial charge in [-0.25, -0.2) is 13.6 Å². The molecule has 0 saturated carbocycles. The minimum atomic E-state index is -3.83. The molecule has 0 spiro atoms. The Morgan fingerprint density at radius 2 is 1.44 bits per heavy atom. The minimum absolute atomic E-state index is 0.0393. The average molecular weight is 656 g/mol. The summed E-state index contributed by atoms with van der Waals surface area (Å²) in [4.78, 5) is 39.3. The molecule has 9 nitrogen and oxygen atoms in total. The van der Waals surface area contributed by atoms with Gasteiger partial charge in [-0.1, -0.05) is 53.5 Å². The molecule has 0 unspecified atom stereocenters. The van der Waals surface area contributed by atoms with Gasteiger partial charge in [0.2, 0.25) is 15.9 Å². The molecule has 5 N–H and O–H groups in total. The zero-order chi connectivity index (χ0) is 31.0.